The summed E-state index contributed by atoms with van der Waals surface area (Å²) < 4.78 is 0. The van der Waals surface area contributed by atoms with Crippen LogP contribution in [0.3, 0.4) is 0 Å². The van der Waals surface area contributed by atoms with E-state index in [0.29, 0.717) is 44.2 Å². The third kappa shape index (κ3) is 10.9. The number of aliphatic carboxylic acids is 1. The Morgan fingerprint density at radius 3 is 1.82 bits per heavy atom. The molecule has 0 spiro atoms. The van der Waals surface area contributed by atoms with Crippen molar-refractivity contribution in [1.29, 1.82) is 0 Å². The predicted octanol–water partition coefficient (Wildman–Crippen LogP) is 5.18. The fraction of sp³-hybridized carbons (Fsp3) is 0.846. The van der Waals surface area contributed by atoms with Crippen molar-refractivity contribution in [2.45, 2.75) is 164 Å². The zero-order chi connectivity index (χ0) is 38.3. The minimum atomic E-state index is -1.52. The van der Waals surface area contributed by atoms with Crippen LogP contribution in [-0.2, 0) is 24.0 Å². The van der Waals surface area contributed by atoms with Crippen molar-refractivity contribution in [3.63, 3.8) is 0 Å². The molecule has 290 valence electrons. The SMILES string of the molecule is CC[C@@H](NC(=O)[C@@H](NC(=O)[C@@H](CC(=O)[C@@H](NC(=O)NC1[C@H](C)CCC[C@@H]1C)C(C)(C)C)CC(=O)N1CCCC1)C1(C(=O)O)CCCC1)C(C)(C)C. The Balaban J connectivity index is 1.92. The van der Waals surface area contributed by atoms with E-state index in [2.05, 4.69) is 35.1 Å². The van der Waals surface area contributed by atoms with Gasteiger partial charge in [0.05, 0.1) is 17.4 Å². The molecule has 1 unspecified atom stereocenters. The molecule has 0 aromatic heterocycles. The molecule has 12 heteroatoms. The van der Waals surface area contributed by atoms with Crippen molar-refractivity contribution >= 4 is 35.5 Å². The lowest BCUT2D eigenvalue weighted by atomic mass is 9.76. The number of rotatable bonds is 14. The molecule has 0 bridgehead atoms. The van der Waals surface area contributed by atoms with Crippen molar-refractivity contribution in [3.05, 3.63) is 0 Å². The van der Waals surface area contributed by atoms with Crippen LogP contribution in [0.5, 0.6) is 0 Å². The molecule has 3 rings (SSSR count). The van der Waals surface area contributed by atoms with Gasteiger partial charge in [-0.1, -0.05) is 81.6 Å². The highest BCUT2D eigenvalue weighted by Gasteiger charge is 2.53. The number of urea groups is 1. The van der Waals surface area contributed by atoms with E-state index in [4.69, 9.17) is 0 Å². The van der Waals surface area contributed by atoms with Gasteiger partial charge in [0, 0.05) is 38.0 Å². The Labute approximate surface area is 305 Å². The number of hydrogen-bond donors (Lipinski definition) is 5. The standard InChI is InChI=1S/C39H67N5O7/c1-10-28(37(4,5)6)40-34(48)32(39(35(49)50)18-11-12-19-39)42-33(47)26(23-29(46)44-20-13-14-21-44)22-27(45)31(38(7,8)9)43-36(51)41-30-24(2)16-15-17-25(30)3/h24-26,28,30-32H,10-23H2,1-9H3,(H,40,48)(H,42,47)(H,49,50)(H2,41,43,51)/t24-,25+,26-,28+,30?,31+,32+/m0/s1. The first-order valence-electron chi connectivity index (χ1n) is 19.4. The van der Waals surface area contributed by atoms with Gasteiger partial charge in [-0.05, 0) is 67.6 Å². The van der Waals surface area contributed by atoms with Gasteiger partial charge >= 0.3 is 12.0 Å². The summed E-state index contributed by atoms with van der Waals surface area (Å²) in [6.45, 7) is 18.8. The average Bonchev–Trinajstić information content (AvgIpc) is 3.75. The van der Waals surface area contributed by atoms with E-state index in [1.807, 2.05) is 48.5 Å². The molecule has 0 aromatic rings. The highest BCUT2D eigenvalue weighted by Crippen LogP contribution is 2.42. The first-order valence-corrected chi connectivity index (χ1v) is 19.4. The zero-order valence-electron chi connectivity index (χ0n) is 32.8. The van der Waals surface area contributed by atoms with Crippen LogP contribution in [0.4, 0.5) is 4.79 Å². The highest BCUT2D eigenvalue weighted by atomic mass is 16.4. The first-order chi connectivity index (χ1) is 23.7. The first kappa shape index (κ1) is 42.2. The van der Waals surface area contributed by atoms with Crippen LogP contribution in [0.15, 0.2) is 0 Å². The molecule has 7 atom stereocenters. The molecular weight excluding hydrogens is 650 g/mol. The molecule has 1 saturated heterocycles. The van der Waals surface area contributed by atoms with Crippen LogP contribution in [-0.4, -0.2) is 82.8 Å². The summed E-state index contributed by atoms with van der Waals surface area (Å²) in [6, 6.07) is -3.14. The second-order valence-corrected chi connectivity index (χ2v) is 17.9. The number of carbonyl (C=O) groups excluding carboxylic acids is 5. The molecule has 5 N–H and O–H groups in total. The van der Waals surface area contributed by atoms with Gasteiger partial charge in [-0.25, -0.2) is 4.79 Å². The lowest BCUT2D eigenvalue weighted by Crippen LogP contribution is -2.61. The van der Waals surface area contributed by atoms with Crippen molar-refractivity contribution in [2.24, 2.45) is 34.0 Å². The largest absolute Gasteiger partial charge is 0.481 e. The number of carbonyl (C=O) groups is 6. The van der Waals surface area contributed by atoms with Gasteiger partial charge in [0.1, 0.15) is 6.04 Å². The summed E-state index contributed by atoms with van der Waals surface area (Å²) in [4.78, 5) is 84.0. The van der Waals surface area contributed by atoms with Gasteiger partial charge in [-0.3, -0.25) is 24.0 Å². The van der Waals surface area contributed by atoms with Gasteiger partial charge in [0.15, 0.2) is 5.78 Å². The quantitative estimate of drug-likeness (QED) is 0.165. The molecule has 1 aliphatic heterocycles. The number of Topliss-reactive ketones (excluding diaryl/α,β-unsaturated/α-hetero) is 1. The summed E-state index contributed by atoms with van der Waals surface area (Å²) in [6.07, 6.45) is 6.41. The number of ketones is 1. The minimum absolute atomic E-state index is 0.0307. The van der Waals surface area contributed by atoms with E-state index < -0.39 is 58.4 Å². The van der Waals surface area contributed by atoms with Crippen LogP contribution >= 0.6 is 0 Å². The molecule has 2 saturated carbocycles. The number of carboxylic acid groups (broad SMARTS) is 1. The molecule has 1 heterocycles. The Kier molecular flexibility index (Phi) is 14.5. The van der Waals surface area contributed by atoms with E-state index in [1.54, 1.807) is 4.90 Å². The molecule has 2 aliphatic carbocycles. The van der Waals surface area contributed by atoms with Gasteiger partial charge in [0.25, 0.3) is 0 Å². The van der Waals surface area contributed by atoms with Crippen LogP contribution in [0.1, 0.15) is 139 Å². The normalized spacial score (nSPS) is 24.5. The smallest absolute Gasteiger partial charge is 0.315 e. The Morgan fingerprint density at radius 1 is 0.765 bits per heavy atom. The highest BCUT2D eigenvalue weighted by molar-refractivity contribution is 5.98. The van der Waals surface area contributed by atoms with E-state index in [9.17, 15) is 33.9 Å². The summed E-state index contributed by atoms with van der Waals surface area (Å²) >= 11 is 0. The summed E-state index contributed by atoms with van der Waals surface area (Å²) in [5, 5.41) is 22.3. The number of likely N-dealkylation sites (tertiary alicyclic amines) is 1. The van der Waals surface area contributed by atoms with Gasteiger partial charge < -0.3 is 31.3 Å². The van der Waals surface area contributed by atoms with Gasteiger partial charge in [0.2, 0.25) is 17.7 Å². The van der Waals surface area contributed by atoms with Crippen molar-refractivity contribution in [2.75, 3.05) is 13.1 Å². The van der Waals surface area contributed by atoms with Crippen LogP contribution < -0.4 is 21.3 Å². The van der Waals surface area contributed by atoms with Gasteiger partial charge in [-0.2, -0.15) is 0 Å². The number of hydrogen-bond acceptors (Lipinski definition) is 6. The Bertz CT molecular complexity index is 1250. The molecular formula is C39H67N5O7. The molecule has 5 amide bonds. The Morgan fingerprint density at radius 2 is 1.33 bits per heavy atom. The van der Waals surface area contributed by atoms with Crippen molar-refractivity contribution < 1.29 is 33.9 Å². The lowest BCUT2D eigenvalue weighted by Gasteiger charge is -2.38. The summed E-state index contributed by atoms with van der Waals surface area (Å²) in [5.41, 5.74) is -2.57. The third-order valence-corrected chi connectivity index (χ3v) is 11.8. The van der Waals surface area contributed by atoms with E-state index in [0.717, 1.165) is 32.1 Å². The molecule has 3 fully saturated rings. The monoisotopic (exact) mass is 718 g/mol. The van der Waals surface area contributed by atoms with Crippen LogP contribution in [0.25, 0.3) is 0 Å². The topological polar surface area (TPSA) is 174 Å². The lowest BCUT2D eigenvalue weighted by molar-refractivity contribution is -0.155. The predicted molar refractivity (Wildman–Crippen MR) is 197 cm³/mol. The van der Waals surface area contributed by atoms with E-state index in [-0.39, 0.29) is 49.1 Å². The summed E-state index contributed by atoms with van der Waals surface area (Å²) in [7, 11) is 0. The maximum Gasteiger partial charge on any atom is 0.315 e. The molecule has 0 radical (unpaired) electrons. The average molecular weight is 718 g/mol. The molecule has 12 nitrogen and oxygen atoms in total. The number of nitrogens with zero attached hydrogens (tertiary/aromatic N) is 1. The second kappa shape index (κ2) is 17.6. The number of carboxylic acids is 1. The van der Waals surface area contributed by atoms with Crippen LogP contribution in [0, 0.1) is 34.0 Å². The van der Waals surface area contributed by atoms with Crippen LogP contribution in [0.2, 0.25) is 0 Å². The maximum atomic E-state index is 14.3. The second-order valence-electron chi connectivity index (χ2n) is 17.9. The maximum absolute atomic E-state index is 14.3. The fourth-order valence-corrected chi connectivity index (χ4v) is 8.53. The minimum Gasteiger partial charge on any atom is -0.481 e. The third-order valence-electron chi connectivity index (χ3n) is 11.8. The van der Waals surface area contributed by atoms with Crippen molar-refractivity contribution in [1.82, 2.24) is 26.2 Å². The van der Waals surface area contributed by atoms with E-state index >= 15 is 0 Å². The van der Waals surface area contributed by atoms with E-state index in [1.165, 1.54) is 0 Å². The molecule has 51 heavy (non-hydrogen) atoms. The summed E-state index contributed by atoms with van der Waals surface area (Å²) in [5.74, 6) is -3.72. The van der Waals surface area contributed by atoms with Crippen molar-refractivity contribution in [3.8, 4) is 0 Å². The number of amides is 5. The molecule has 0 aromatic carbocycles. The fourth-order valence-electron chi connectivity index (χ4n) is 8.53. The zero-order valence-corrected chi connectivity index (χ0v) is 32.8. The number of nitrogens with one attached hydrogen (secondary N) is 4. The van der Waals surface area contributed by atoms with Gasteiger partial charge in [-0.15, -0.1) is 0 Å². The Hall–Kier alpha value is -3.18. The molecule has 3 aliphatic rings.